The SMILES string of the molecule is COCCNCC(CC1CCCC1)c1cccc(F)c1. The van der Waals surface area contributed by atoms with Gasteiger partial charge in [0, 0.05) is 20.2 Å². The van der Waals surface area contributed by atoms with Gasteiger partial charge in [0.05, 0.1) is 6.61 Å². The Morgan fingerprint density at radius 1 is 1.35 bits per heavy atom. The molecule has 1 aliphatic carbocycles. The van der Waals surface area contributed by atoms with E-state index in [1.54, 1.807) is 13.2 Å². The van der Waals surface area contributed by atoms with E-state index in [4.69, 9.17) is 4.74 Å². The highest BCUT2D eigenvalue weighted by Crippen LogP contribution is 2.34. The molecular formula is C17H26FNO. The maximum absolute atomic E-state index is 13.4. The summed E-state index contributed by atoms with van der Waals surface area (Å²) in [5.41, 5.74) is 1.13. The van der Waals surface area contributed by atoms with Crippen LogP contribution in [0, 0.1) is 11.7 Å². The second kappa shape index (κ2) is 8.38. The number of methoxy groups -OCH3 is 1. The second-order valence-corrected chi connectivity index (χ2v) is 5.84. The largest absolute Gasteiger partial charge is 0.383 e. The van der Waals surface area contributed by atoms with Crippen LogP contribution in [0.1, 0.15) is 43.6 Å². The number of ether oxygens (including phenoxy) is 1. The van der Waals surface area contributed by atoms with Gasteiger partial charge in [-0.15, -0.1) is 0 Å². The highest BCUT2D eigenvalue weighted by Gasteiger charge is 2.21. The average molecular weight is 279 g/mol. The topological polar surface area (TPSA) is 21.3 Å². The van der Waals surface area contributed by atoms with E-state index in [-0.39, 0.29) is 5.82 Å². The smallest absolute Gasteiger partial charge is 0.123 e. The van der Waals surface area contributed by atoms with Crippen molar-refractivity contribution in [3.05, 3.63) is 35.6 Å². The molecule has 0 aliphatic heterocycles. The summed E-state index contributed by atoms with van der Waals surface area (Å²) in [5, 5.41) is 3.43. The third kappa shape index (κ3) is 4.88. The van der Waals surface area contributed by atoms with E-state index in [2.05, 4.69) is 11.4 Å². The van der Waals surface area contributed by atoms with Crippen molar-refractivity contribution in [1.29, 1.82) is 0 Å². The summed E-state index contributed by atoms with van der Waals surface area (Å²) < 4.78 is 18.5. The molecule has 0 bridgehead atoms. The van der Waals surface area contributed by atoms with Crippen molar-refractivity contribution in [3.63, 3.8) is 0 Å². The van der Waals surface area contributed by atoms with Crippen molar-refractivity contribution in [1.82, 2.24) is 5.32 Å². The molecule has 0 heterocycles. The lowest BCUT2D eigenvalue weighted by Crippen LogP contribution is -2.26. The summed E-state index contributed by atoms with van der Waals surface area (Å²) in [6, 6.07) is 7.09. The molecule has 2 nitrogen and oxygen atoms in total. The van der Waals surface area contributed by atoms with E-state index in [1.165, 1.54) is 38.2 Å². The molecule has 1 aromatic rings. The fourth-order valence-electron chi connectivity index (χ4n) is 3.20. The second-order valence-electron chi connectivity index (χ2n) is 5.84. The summed E-state index contributed by atoms with van der Waals surface area (Å²) in [5.74, 6) is 1.09. The van der Waals surface area contributed by atoms with Crippen LogP contribution >= 0.6 is 0 Å². The first kappa shape index (κ1) is 15.5. The van der Waals surface area contributed by atoms with Crippen LogP contribution in [0.5, 0.6) is 0 Å². The Morgan fingerprint density at radius 3 is 2.85 bits per heavy atom. The summed E-state index contributed by atoms with van der Waals surface area (Å²) in [6.07, 6.45) is 6.56. The molecule has 112 valence electrons. The number of rotatable bonds is 8. The molecule has 0 saturated heterocycles. The number of hydrogen-bond acceptors (Lipinski definition) is 2. The zero-order valence-electron chi connectivity index (χ0n) is 12.4. The van der Waals surface area contributed by atoms with Gasteiger partial charge in [-0.3, -0.25) is 0 Å². The van der Waals surface area contributed by atoms with Crippen molar-refractivity contribution >= 4 is 0 Å². The van der Waals surface area contributed by atoms with Gasteiger partial charge in [-0.25, -0.2) is 4.39 Å². The minimum atomic E-state index is -0.129. The van der Waals surface area contributed by atoms with Crippen LogP contribution in [0.15, 0.2) is 24.3 Å². The van der Waals surface area contributed by atoms with Crippen LogP contribution < -0.4 is 5.32 Å². The molecule has 0 spiro atoms. The molecule has 1 unspecified atom stereocenters. The molecular weight excluding hydrogens is 253 g/mol. The minimum Gasteiger partial charge on any atom is -0.383 e. The molecule has 0 radical (unpaired) electrons. The van der Waals surface area contributed by atoms with Gasteiger partial charge in [-0.1, -0.05) is 37.8 Å². The van der Waals surface area contributed by atoms with Gasteiger partial charge in [-0.05, 0) is 36.0 Å². The number of halogens is 1. The lowest BCUT2D eigenvalue weighted by molar-refractivity contribution is 0.198. The Hall–Kier alpha value is -0.930. The molecule has 1 fully saturated rings. The zero-order chi connectivity index (χ0) is 14.2. The number of hydrogen-bond donors (Lipinski definition) is 1. The molecule has 3 heteroatoms. The Kier molecular flexibility index (Phi) is 6.48. The van der Waals surface area contributed by atoms with Crippen LogP contribution in [-0.4, -0.2) is 26.8 Å². The lowest BCUT2D eigenvalue weighted by Gasteiger charge is -2.21. The van der Waals surface area contributed by atoms with Crippen LogP contribution in [0.25, 0.3) is 0 Å². The van der Waals surface area contributed by atoms with Gasteiger partial charge < -0.3 is 10.1 Å². The van der Waals surface area contributed by atoms with Crippen LogP contribution in [0.2, 0.25) is 0 Å². The Labute approximate surface area is 121 Å². The third-order valence-corrected chi connectivity index (χ3v) is 4.29. The molecule has 1 aliphatic rings. The van der Waals surface area contributed by atoms with E-state index in [1.807, 2.05) is 6.07 Å². The van der Waals surface area contributed by atoms with E-state index in [0.717, 1.165) is 31.2 Å². The van der Waals surface area contributed by atoms with Crippen molar-refractivity contribution in [2.24, 2.45) is 5.92 Å². The monoisotopic (exact) mass is 279 g/mol. The number of nitrogens with one attached hydrogen (secondary N) is 1. The summed E-state index contributed by atoms with van der Waals surface area (Å²) in [4.78, 5) is 0. The lowest BCUT2D eigenvalue weighted by atomic mass is 9.88. The van der Waals surface area contributed by atoms with Gasteiger partial charge in [0.25, 0.3) is 0 Å². The first-order chi connectivity index (χ1) is 9.79. The molecule has 1 aromatic carbocycles. The molecule has 2 rings (SSSR count). The van der Waals surface area contributed by atoms with Crippen LogP contribution in [0.3, 0.4) is 0 Å². The quantitative estimate of drug-likeness (QED) is 0.732. The summed E-state index contributed by atoms with van der Waals surface area (Å²) in [7, 11) is 1.71. The van der Waals surface area contributed by atoms with Gasteiger partial charge >= 0.3 is 0 Å². The van der Waals surface area contributed by atoms with Crippen molar-refractivity contribution in [2.45, 2.75) is 38.0 Å². The van der Waals surface area contributed by atoms with Crippen molar-refractivity contribution < 1.29 is 9.13 Å². The predicted molar refractivity (Wildman–Crippen MR) is 80.5 cm³/mol. The molecule has 20 heavy (non-hydrogen) atoms. The van der Waals surface area contributed by atoms with Crippen LogP contribution in [0.4, 0.5) is 4.39 Å². The average Bonchev–Trinajstić information content (AvgIpc) is 2.95. The Bertz CT molecular complexity index is 390. The zero-order valence-corrected chi connectivity index (χ0v) is 12.4. The standard InChI is InChI=1S/C17H26FNO/c1-20-10-9-19-13-16(11-14-5-2-3-6-14)15-7-4-8-17(18)12-15/h4,7-8,12,14,16,19H,2-3,5-6,9-11,13H2,1H3. The first-order valence-corrected chi connectivity index (χ1v) is 7.74. The maximum atomic E-state index is 13.4. The van der Waals surface area contributed by atoms with E-state index in [9.17, 15) is 4.39 Å². The van der Waals surface area contributed by atoms with Gasteiger partial charge in [-0.2, -0.15) is 0 Å². The van der Waals surface area contributed by atoms with E-state index in [0.29, 0.717) is 5.92 Å². The fourth-order valence-corrected chi connectivity index (χ4v) is 3.20. The Balaban J connectivity index is 1.94. The highest BCUT2D eigenvalue weighted by atomic mass is 19.1. The van der Waals surface area contributed by atoms with Crippen molar-refractivity contribution in [3.8, 4) is 0 Å². The molecule has 0 aromatic heterocycles. The highest BCUT2D eigenvalue weighted by molar-refractivity contribution is 5.21. The predicted octanol–water partition coefficient (Wildman–Crippen LogP) is 3.73. The maximum Gasteiger partial charge on any atom is 0.123 e. The van der Waals surface area contributed by atoms with Gasteiger partial charge in [0.2, 0.25) is 0 Å². The normalized spacial score (nSPS) is 17.5. The fraction of sp³-hybridized carbons (Fsp3) is 0.647. The summed E-state index contributed by atoms with van der Waals surface area (Å²) >= 11 is 0. The van der Waals surface area contributed by atoms with Crippen molar-refractivity contribution in [2.75, 3.05) is 26.8 Å². The van der Waals surface area contributed by atoms with Gasteiger partial charge in [0.15, 0.2) is 0 Å². The summed E-state index contributed by atoms with van der Waals surface area (Å²) in [6.45, 7) is 2.48. The number of benzene rings is 1. The van der Waals surface area contributed by atoms with Crippen LogP contribution in [-0.2, 0) is 4.74 Å². The Morgan fingerprint density at radius 2 is 2.15 bits per heavy atom. The van der Waals surface area contributed by atoms with Gasteiger partial charge in [0.1, 0.15) is 5.82 Å². The molecule has 1 atom stereocenters. The molecule has 1 N–H and O–H groups in total. The van der Waals surface area contributed by atoms with E-state index >= 15 is 0 Å². The van der Waals surface area contributed by atoms with E-state index < -0.39 is 0 Å². The molecule has 0 amide bonds. The molecule has 1 saturated carbocycles. The first-order valence-electron chi connectivity index (χ1n) is 7.74. The minimum absolute atomic E-state index is 0.129. The third-order valence-electron chi connectivity index (χ3n) is 4.29.